The molecule has 1 atom stereocenters. The Hall–Kier alpha value is -0.860. The molecule has 1 N–H and O–H groups in total. The van der Waals surface area contributed by atoms with Crippen molar-refractivity contribution in [2.75, 3.05) is 13.7 Å². The number of hydrogen-bond donors (Lipinski definition) is 1. The van der Waals surface area contributed by atoms with Crippen LogP contribution in [0.2, 0.25) is 0 Å². The molecule has 0 spiro atoms. The second-order valence-electron chi connectivity index (χ2n) is 4.41. The van der Waals surface area contributed by atoms with Gasteiger partial charge in [0.1, 0.15) is 0 Å². The first kappa shape index (κ1) is 13.2. The molecule has 0 amide bonds. The first-order valence-corrected chi connectivity index (χ1v) is 5.86. The largest absolute Gasteiger partial charge is 0.393 e. The van der Waals surface area contributed by atoms with E-state index in [0.29, 0.717) is 0 Å². The molecule has 16 heavy (non-hydrogen) atoms. The summed E-state index contributed by atoms with van der Waals surface area (Å²) < 4.78 is 4.97. The molecule has 2 nitrogen and oxygen atoms in total. The van der Waals surface area contributed by atoms with Crippen LogP contribution in [0, 0.1) is 13.8 Å². The van der Waals surface area contributed by atoms with E-state index in [1.165, 1.54) is 16.7 Å². The van der Waals surface area contributed by atoms with Crippen molar-refractivity contribution < 1.29 is 9.84 Å². The van der Waals surface area contributed by atoms with Gasteiger partial charge in [-0.2, -0.15) is 0 Å². The summed E-state index contributed by atoms with van der Waals surface area (Å²) in [6.07, 6.45) is 2.21. The third kappa shape index (κ3) is 4.33. The van der Waals surface area contributed by atoms with E-state index in [0.717, 1.165) is 25.9 Å². The van der Waals surface area contributed by atoms with Gasteiger partial charge in [0.25, 0.3) is 0 Å². The van der Waals surface area contributed by atoms with E-state index >= 15 is 0 Å². The SMILES string of the molecule is COCCCC(O)Cc1ccc(C)c(C)c1. The van der Waals surface area contributed by atoms with Gasteiger partial charge in [-0.3, -0.25) is 0 Å². The summed E-state index contributed by atoms with van der Waals surface area (Å²) in [7, 11) is 1.69. The molecule has 90 valence electrons. The molecule has 0 aliphatic carbocycles. The summed E-state index contributed by atoms with van der Waals surface area (Å²) in [5.41, 5.74) is 3.81. The highest BCUT2D eigenvalue weighted by atomic mass is 16.5. The maximum atomic E-state index is 9.83. The van der Waals surface area contributed by atoms with Gasteiger partial charge < -0.3 is 9.84 Å². The minimum absolute atomic E-state index is 0.253. The Morgan fingerprint density at radius 3 is 2.62 bits per heavy atom. The van der Waals surface area contributed by atoms with Crippen molar-refractivity contribution in [3.8, 4) is 0 Å². The average molecular weight is 222 g/mol. The summed E-state index contributed by atoms with van der Waals surface area (Å²) in [6.45, 7) is 4.94. The molecule has 0 saturated carbocycles. The molecule has 1 rings (SSSR count). The second-order valence-corrected chi connectivity index (χ2v) is 4.41. The normalized spacial score (nSPS) is 12.8. The third-order valence-electron chi connectivity index (χ3n) is 2.93. The van der Waals surface area contributed by atoms with Crippen LogP contribution in [-0.4, -0.2) is 24.9 Å². The maximum Gasteiger partial charge on any atom is 0.0581 e. The second kappa shape index (κ2) is 6.66. The smallest absolute Gasteiger partial charge is 0.0581 e. The lowest BCUT2D eigenvalue weighted by Crippen LogP contribution is -2.11. The van der Waals surface area contributed by atoms with Gasteiger partial charge in [0.05, 0.1) is 6.10 Å². The molecule has 2 heteroatoms. The van der Waals surface area contributed by atoms with Crippen LogP contribution in [0.4, 0.5) is 0 Å². The summed E-state index contributed by atoms with van der Waals surface area (Å²) in [5, 5.41) is 9.83. The third-order valence-corrected chi connectivity index (χ3v) is 2.93. The molecule has 0 aliphatic heterocycles. The predicted octanol–water partition coefficient (Wildman–Crippen LogP) is 2.63. The minimum atomic E-state index is -0.253. The zero-order valence-corrected chi connectivity index (χ0v) is 10.5. The molecule has 0 fully saturated rings. The van der Waals surface area contributed by atoms with Crippen molar-refractivity contribution in [2.45, 2.75) is 39.2 Å². The van der Waals surface area contributed by atoms with Crippen molar-refractivity contribution in [2.24, 2.45) is 0 Å². The van der Waals surface area contributed by atoms with Crippen LogP contribution in [0.1, 0.15) is 29.5 Å². The molecule has 0 bridgehead atoms. The molecular formula is C14H22O2. The fourth-order valence-corrected chi connectivity index (χ4v) is 1.77. The van der Waals surface area contributed by atoms with Crippen molar-refractivity contribution in [1.82, 2.24) is 0 Å². The van der Waals surface area contributed by atoms with Gasteiger partial charge in [-0.15, -0.1) is 0 Å². The van der Waals surface area contributed by atoms with Crippen molar-refractivity contribution in [1.29, 1.82) is 0 Å². The van der Waals surface area contributed by atoms with E-state index in [1.54, 1.807) is 7.11 Å². The van der Waals surface area contributed by atoms with Crippen LogP contribution < -0.4 is 0 Å². The highest BCUT2D eigenvalue weighted by Gasteiger charge is 2.06. The number of methoxy groups -OCH3 is 1. The van der Waals surface area contributed by atoms with E-state index in [-0.39, 0.29) is 6.10 Å². The van der Waals surface area contributed by atoms with Crippen LogP contribution >= 0.6 is 0 Å². The molecule has 0 heterocycles. The Labute approximate surface area is 98.3 Å². The van der Waals surface area contributed by atoms with Crippen molar-refractivity contribution in [3.05, 3.63) is 34.9 Å². The molecule has 0 aliphatic rings. The maximum absolute atomic E-state index is 9.83. The first-order chi connectivity index (χ1) is 7.63. The van der Waals surface area contributed by atoms with Crippen molar-refractivity contribution >= 4 is 0 Å². The van der Waals surface area contributed by atoms with Gasteiger partial charge in [0, 0.05) is 13.7 Å². The van der Waals surface area contributed by atoms with E-state index in [1.807, 2.05) is 0 Å². The highest BCUT2D eigenvalue weighted by Crippen LogP contribution is 2.13. The monoisotopic (exact) mass is 222 g/mol. The lowest BCUT2D eigenvalue weighted by molar-refractivity contribution is 0.135. The fraction of sp³-hybridized carbons (Fsp3) is 0.571. The van der Waals surface area contributed by atoms with E-state index in [4.69, 9.17) is 4.74 Å². The van der Waals surface area contributed by atoms with Gasteiger partial charge in [-0.05, 0) is 49.8 Å². The van der Waals surface area contributed by atoms with Crippen LogP contribution in [0.25, 0.3) is 0 Å². The van der Waals surface area contributed by atoms with Gasteiger partial charge in [-0.25, -0.2) is 0 Å². The molecular weight excluding hydrogens is 200 g/mol. The number of aliphatic hydroxyl groups is 1. The first-order valence-electron chi connectivity index (χ1n) is 5.86. The predicted molar refractivity (Wildman–Crippen MR) is 66.7 cm³/mol. The van der Waals surface area contributed by atoms with Crippen LogP contribution in [0.5, 0.6) is 0 Å². The number of rotatable bonds is 6. The Morgan fingerprint density at radius 1 is 1.25 bits per heavy atom. The number of ether oxygens (including phenoxy) is 1. The van der Waals surface area contributed by atoms with Crippen molar-refractivity contribution in [3.63, 3.8) is 0 Å². The fourth-order valence-electron chi connectivity index (χ4n) is 1.77. The zero-order chi connectivity index (χ0) is 12.0. The van der Waals surface area contributed by atoms with E-state index < -0.39 is 0 Å². The summed E-state index contributed by atoms with van der Waals surface area (Å²) >= 11 is 0. The van der Waals surface area contributed by atoms with Crippen LogP contribution in [0.3, 0.4) is 0 Å². The van der Waals surface area contributed by atoms with Gasteiger partial charge in [0.15, 0.2) is 0 Å². The van der Waals surface area contributed by atoms with Crippen LogP contribution in [-0.2, 0) is 11.2 Å². The highest BCUT2D eigenvalue weighted by molar-refractivity contribution is 5.30. The van der Waals surface area contributed by atoms with E-state index in [9.17, 15) is 5.11 Å². The quantitative estimate of drug-likeness (QED) is 0.750. The topological polar surface area (TPSA) is 29.5 Å². The lowest BCUT2D eigenvalue weighted by atomic mass is 10.0. The number of aryl methyl sites for hydroxylation is 2. The van der Waals surface area contributed by atoms with Crippen LogP contribution in [0.15, 0.2) is 18.2 Å². The molecule has 1 aromatic carbocycles. The molecule has 0 aromatic heterocycles. The summed E-state index contributed by atoms with van der Waals surface area (Å²) in [4.78, 5) is 0. The molecule has 0 radical (unpaired) electrons. The van der Waals surface area contributed by atoms with Gasteiger partial charge in [0.2, 0.25) is 0 Å². The minimum Gasteiger partial charge on any atom is -0.393 e. The Kier molecular flexibility index (Phi) is 5.50. The summed E-state index contributed by atoms with van der Waals surface area (Å²) in [5.74, 6) is 0. The van der Waals surface area contributed by atoms with Gasteiger partial charge in [-0.1, -0.05) is 18.2 Å². The standard InChI is InChI=1S/C14H22O2/c1-11-6-7-13(9-12(11)2)10-14(15)5-4-8-16-3/h6-7,9,14-15H,4-5,8,10H2,1-3H3. The van der Waals surface area contributed by atoms with E-state index in [2.05, 4.69) is 32.0 Å². The molecule has 0 saturated heterocycles. The Balaban J connectivity index is 2.43. The molecule has 1 aromatic rings. The Morgan fingerprint density at radius 2 is 2.00 bits per heavy atom. The van der Waals surface area contributed by atoms with Gasteiger partial charge >= 0.3 is 0 Å². The number of hydrogen-bond acceptors (Lipinski definition) is 2. The number of aliphatic hydroxyl groups excluding tert-OH is 1. The summed E-state index contributed by atoms with van der Waals surface area (Å²) in [6, 6.07) is 6.38. The lowest BCUT2D eigenvalue weighted by Gasteiger charge is -2.11. The Bertz CT molecular complexity index is 321. The average Bonchev–Trinajstić information content (AvgIpc) is 2.24. The number of benzene rings is 1. The zero-order valence-electron chi connectivity index (χ0n) is 10.5. The molecule has 1 unspecified atom stereocenters.